The van der Waals surface area contributed by atoms with Crippen LogP contribution < -0.4 is 9.47 Å². The number of methoxy groups -OCH3 is 1. The van der Waals surface area contributed by atoms with Gasteiger partial charge in [0.25, 0.3) is 0 Å². The largest absolute Gasteiger partial charge is 0.493 e. The highest BCUT2D eigenvalue weighted by molar-refractivity contribution is 5.76. The highest BCUT2D eigenvalue weighted by atomic mass is 16.6. The second-order valence-electron chi connectivity index (χ2n) is 3.86. The van der Waals surface area contributed by atoms with Crippen molar-refractivity contribution in [1.82, 2.24) is 0 Å². The Hall–Kier alpha value is -2.89. The zero-order chi connectivity index (χ0) is 14.5. The van der Waals surface area contributed by atoms with Crippen molar-refractivity contribution in [2.45, 2.75) is 0 Å². The summed E-state index contributed by atoms with van der Waals surface area (Å²) in [5, 5.41) is 10.9. The highest BCUT2D eigenvalue weighted by Crippen LogP contribution is 2.36. The minimum atomic E-state index is -0.526. The van der Waals surface area contributed by atoms with Gasteiger partial charge in [0.2, 0.25) is 5.75 Å². The SMILES string of the molecule is COc1cc(C=O)ccc1Oc1ccccc1[N+](=O)[O-]. The molecule has 0 aromatic heterocycles. The fourth-order valence-electron chi connectivity index (χ4n) is 1.65. The molecule has 0 aliphatic carbocycles. The average Bonchev–Trinajstić information content (AvgIpc) is 2.48. The smallest absolute Gasteiger partial charge is 0.311 e. The zero-order valence-electron chi connectivity index (χ0n) is 10.6. The van der Waals surface area contributed by atoms with Gasteiger partial charge in [-0.25, -0.2) is 0 Å². The number of aldehydes is 1. The molecule has 0 spiro atoms. The number of nitro groups is 1. The van der Waals surface area contributed by atoms with E-state index >= 15 is 0 Å². The first-order chi connectivity index (χ1) is 9.65. The number of hydrogen-bond donors (Lipinski definition) is 0. The van der Waals surface area contributed by atoms with E-state index in [0.29, 0.717) is 23.3 Å². The molecular weight excluding hydrogens is 262 g/mol. The maximum atomic E-state index is 10.9. The molecule has 0 heterocycles. The van der Waals surface area contributed by atoms with E-state index in [1.165, 1.54) is 31.4 Å². The topological polar surface area (TPSA) is 78.7 Å². The molecule has 6 nitrogen and oxygen atoms in total. The van der Waals surface area contributed by atoms with Gasteiger partial charge >= 0.3 is 5.69 Å². The lowest BCUT2D eigenvalue weighted by molar-refractivity contribution is -0.385. The van der Waals surface area contributed by atoms with Gasteiger partial charge in [0, 0.05) is 11.6 Å². The molecule has 0 saturated carbocycles. The summed E-state index contributed by atoms with van der Waals surface area (Å²) >= 11 is 0. The van der Waals surface area contributed by atoms with E-state index in [4.69, 9.17) is 9.47 Å². The molecule has 6 heteroatoms. The van der Waals surface area contributed by atoms with E-state index in [2.05, 4.69) is 0 Å². The molecule has 0 aliphatic heterocycles. The summed E-state index contributed by atoms with van der Waals surface area (Å²) in [6.45, 7) is 0. The molecule has 0 atom stereocenters. The first-order valence-electron chi connectivity index (χ1n) is 5.70. The van der Waals surface area contributed by atoms with Crippen LogP contribution >= 0.6 is 0 Å². The third kappa shape index (κ3) is 2.74. The number of rotatable bonds is 5. The minimum absolute atomic E-state index is 0.106. The second kappa shape index (κ2) is 5.83. The molecule has 0 saturated heterocycles. The van der Waals surface area contributed by atoms with Crippen molar-refractivity contribution >= 4 is 12.0 Å². The molecule has 102 valence electrons. The molecule has 0 bridgehead atoms. The lowest BCUT2D eigenvalue weighted by Gasteiger charge is -2.10. The van der Waals surface area contributed by atoms with Crippen molar-refractivity contribution < 1.29 is 19.2 Å². The lowest BCUT2D eigenvalue weighted by atomic mass is 10.2. The Morgan fingerprint density at radius 1 is 1.10 bits per heavy atom. The van der Waals surface area contributed by atoms with Crippen LogP contribution in [0.25, 0.3) is 0 Å². The number of carbonyl (C=O) groups excluding carboxylic acids is 1. The van der Waals surface area contributed by atoms with Crippen molar-refractivity contribution in [1.29, 1.82) is 0 Å². The number of para-hydroxylation sites is 2. The number of ether oxygens (including phenoxy) is 2. The van der Waals surface area contributed by atoms with Crippen LogP contribution in [0, 0.1) is 10.1 Å². The summed E-state index contributed by atoms with van der Waals surface area (Å²) < 4.78 is 10.6. The fraction of sp³-hybridized carbons (Fsp3) is 0.0714. The maximum absolute atomic E-state index is 10.9. The first-order valence-corrected chi connectivity index (χ1v) is 5.70. The standard InChI is InChI=1S/C14H11NO5/c1-19-14-8-10(9-16)6-7-13(14)20-12-5-3-2-4-11(12)15(17)18/h2-9H,1H3. The molecule has 2 rings (SSSR count). The first kappa shape index (κ1) is 13.5. The summed E-state index contributed by atoms with van der Waals surface area (Å²) in [5.74, 6) is 0.731. The molecule has 2 aromatic carbocycles. The number of nitrogens with zero attached hydrogens (tertiary/aromatic N) is 1. The van der Waals surface area contributed by atoms with Crippen molar-refractivity contribution in [2.75, 3.05) is 7.11 Å². The van der Waals surface area contributed by atoms with E-state index < -0.39 is 4.92 Å². The van der Waals surface area contributed by atoms with E-state index in [1.54, 1.807) is 18.2 Å². The Balaban J connectivity index is 2.40. The van der Waals surface area contributed by atoms with Gasteiger partial charge in [-0.2, -0.15) is 0 Å². The van der Waals surface area contributed by atoms with Gasteiger partial charge in [-0.1, -0.05) is 12.1 Å². The monoisotopic (exact) mass is 273 g/mol. The molecule has 0 fully saturated rings. The third-order valence-electron chi connectivity index (χ3n) is 2.61. The number of benzene rings is 2. The molecule has 0 radical (unpaired) electrons. The third-order valence-corrected chi connectivity index (χ3v) is 2.61. The van der Waals surface area contributed by atoms with Gasteiger partial charge in [0.1, 0.15) is 6.29 Å². The van der Waals surface area contributed by atoms with Gasteiger partial charge in [-0.3, -0.25) is 14.9 Å². The normalized spacial score (nSPS) is 9.85. The van der Waals surface area contributed by atoms with Crippen molar-refractivity contribution in [3.05, 3.63) is 58.1 Å². The predicted molar refractivity (Wildman–Crippen MR) is 71.6 cm³/mol. The molecule has 0 aliphatic rings. The van der Waals surface area contributed by atoms with Crippen LogP contribution in [-0.4, -0.2) is 18.3 Å². The van der Waals surface area contributed by atoms with Crippen LogP contribution in [0.15, 0.2) is 42.5 Å². The van der Waals surface area contributed by atoms with Crippen LogP contribution in [0.4, 0.5) is 5.69 Å². The van der Waals surface area contributed by atoms with Gasteiger partial charge < -0.3 is 9.47 Å². The molecule has 2 aromatic rings. The maximum Gasteiger partial charge on any atom is 0.311 e. The summed E-state index contributed by atoms with van der Waals surface area (Å²) in [7, 11) is 1.43. The molecule has 0 N–H and O–H groups in total. The molecule has 0 amide bonds. The summed E-state index contributed by atoms with van der Waals surface area (Å²) in [6.07, 6.45) is 0.678. The van der Waals surface area contributed by atoms with E-state index in [0.717, 1.165) is 0 Å². The molecular formula is C14H11NO5. The number of hydrogen-bond acceptors (Lipinski definition) is 5. The Morgan fingerprint density at radius 3 is 2.50 bits per heavy atom. The lowest BCUT2D eigenvalue weighted by Crippen LogP contribution is -1.95. The van der Waals surface area contributed by atoms with Gasteiger partial charge in [-0.05, 0) is 24.3 Å². The quantitative estimate of drug-likeness (QED) is 0.475. The Morgan fingerprint density at radius 2 is 1.85 bits per heavy atom. The zero-order valence-corrected chi connectivity index (χ0v) is 10.6. The van der Waals surface area contributed by atoms with Crippen molar-refractivity contribution in [3.8, 4) is 17.2 Å². The Kier molecular flexibility index (Phi) is 3.95. The van der Waals surface area contributed by atoms with Gasteiger partial charge in [0.15, 0.2) is 11.5 Å². The second-order valence-corrected chi connectivity index (χ2v) is 3.86. The van der Waals surface area contributed by atoms with E-state index in [9.17, 15) is 14.9 Å². The van der Waals surface area contributed by atoms with Crippen molar-refractivity contribution in [2.24, 2.45) is 0 Å². The van der Waals surface area contributed by atoms with E-state index in [-0.39, 0.29) is 11.4 Å². The van der Waals surface area contributed by atoms with Crippen LogP contribution in [-0.2, 0) is 0 Å². The molecule has 0 unspecified atom stereocenters. The van der Waals surface area contributed by atoms with Gasteiger partial charge in [0.05, 0.1) is 12.0 Å². The highest BCUT2D eigenvalue weighted by Gasteiger charge is 2.16. The van der Waals surface area contributed by atoms with Gasteiger partial charge in [-0.15, -0.1) is 0 Å². The predicted octanol–water partition coefficient (Wildman–Crippen LogP) is 3.21. The number of nitro benzene ring substituents is 1. The number of carbonyl (C=O) groups is 1. The average molecular weight is 273 g/mol. The van der Waals surface area contributed by atoms with Crippen LogP contribution in [0.2, 0.25) is 0 Å². The van der Waals surface area contributed by atoms with Crippen LogP contribution in [0.1, 0.15) is 10.4 Å². The minimum Gasteiger partial charge on any atom is -0.493 e. The summed E-state index contributed by atoms with van der Waals surface area (Å²) in [6, 6.07) is 10.6. The summed E-state index contributed by atoms with van der Waals surface area (Å²) in [5.41, 5.74) is 0.283. The van der Waals surface area contributed by atoms with Crippen molar-refractivity contribution in [3.63, 3.8) is 0 Å². The summed E-state index contributed by atoms with van der Waals surface area (Å²) in [4.78, 5) is 21.1. The Bertz CT molecular complexity index is 654. The molecule has 20 heavy (non-hydrogen) atoms. The Labute approximate surface area is 114 Å². The van der Waals surface area contributed by atoms with E-state index in [1.807, 2.05) is 0 Å². The van der Waals surface area contributed by atoms with Crippen LogP contribution in [0.5, 0.6) is 17.2 Å². The van der Waals surface area contributed by atoms with Crippen LogP contribution in [0.3, 0.4) is 0 Å². The fourth-order valence-corrected chi connectivity index (χ4v) is 1.65.